The monoisotopic (exact) mass is 400 g/mol. The molecule has 1 aromatic carbocycles. The first-order valence-corrected chi connectivity index (χ1v) is 10.4. The predicted octanol–water partition coefficient (Wildman–Crippen LogP) is 4.39. The minimum Gasteiger partial charge on any atom is -0.378 e. The van der Waals surface area contributed by atoms with E-state index in [-0.39, 0.29) is 5.54 Å². The minimum absolute atomic E-state index is 0.0825. The molecule has 2 bridgehead atoms. The Morgan fingerprint density at radius 3 is 2.60 bits per heavy atom. The van der Waals surface area contributed by atoms with Gasteiger partial charge in [0.2, 0.25) is 0 Å². The van der Waals surface area contributed by atoms with Crippen LogP contribution in [0.25, 0.3) is 0 Å². The van der Waals surface area contributed by atoms with Gasteiger partial charge in [0.05, 0.1) is 24.6 Å². The molecule has 0 radical (unpaired) electrons. The highest BCUT2D eigenvalue weighted by Gasteiger charge is 2.55. The number of morpholine rings is 1. The Morgan fingerprint density at radius 1 is 1.08 bits per heavy atom. The van der Waals surface area contributed by atoms with Crippen molar-refractivity contribution in [2.75, 3.05) is 26.3 Å². The van der Waals surface area contributed by atoms with Crippen molar-refractivity contribution in [2.24, 2.45) is 16.8 Å². The molecule has 4 atom stereocenters. The normalized spacial score (nSPS) is 36.9. The predicted molar refractivity (Wildman–Crippen MR) is 104 cm³/mol. The standard InChI is InChI=1S/C21H25BrN2O/c22-18-7-3-16(4-8-18)20-15-1-5-17(6-2-15)21(20)10-9-19(23-21)24-11-13-25-14-12-24/h1,3-5,7-8,15,17,20H,2,6,9-14H2. The molecule has 132 valence electrons. The molecule has 2 heterocycles. The zero-order valence-corrected chi connectivity index (χ0v) is 16.1. The van der Waals surface area contributed by atoms with Crippen LogP contribution in [0.5, 0.6) is 0 Å². The number of ether oxygens (including phenoxy) is 1. The summed E-state index contributed by atoms with van der Waals surface area (Å²) >= 11 is 3.59. The summed E-state index contributed by atoms with van der Waals surface area (Å²) in [6, 6.07) is 9.01. The summed E-state index contributed by atoms with van der Waals surface area (Å²) in [5.41, 5.74) is 1.55. The van der Waals surface area contributed by atoms with Gasteiger partial charge in [0.25, 0.3) is 0 Å². The van der Waals surface area contributed by atoms with E-state index < -0.39 is 0 Å². The molecule has 4 heteroatoms. The molecule has 0 N–H and O–H groups in total. The Hall–Kier alpha value is -1.13. The van der Waals surface area contributed by atoms with Crippen LogP contribution in [0, 0.1) is 11.8 Å². The number of benzene rings is 1. The van der Waals surface area contributed by atoms with E-state index >= 15 is 0 Å². The molecule has 0 amide bonds. The minimum atomic E-state index is 0.0825. The molecule has 1 aromatic rings. The van der Waals surface area contributed by atoms with Crippen LogP contribution in [0.4, 0.5) is 0 Å². The van der Waals surface area contributed by atoms with Gasteiger partial charge >= 0.3 is 0 Å². The lowest BCUT2D eigenvalue weighted by Crippen LogP contribution is -2.49. The smallest absolute Gasteiger partial charge is 0.0998 e. The van der Waals surface area contributed by atoms with Gasteiger partial charge in [-0.15, -0.1) is 0 Å². The van der Waals surface area contributed by atoms with Crippen LogP contribution < -0.4 is 0 Å². The highest BCUT2D eigenvalue weighted by molar-refractivity contribution is 9.10. The van der Waals surface area contributed by atoms with Crippen LogP contribution >= 0.6 is 15.9 Å². The maximum atomic E-state index is 5.53. The summed E-state index contributed by atoms with van der Waals surface area (Å²) < 4.78 is 6.69. The van der Waals surface area contributed by atoms with Crippen LogP contribution in [-0.2, 0) is 4.74 Å². The van der Waals surface area contributed by atoms with Crippen LogP contribution in [0.15, 0.2) is 45.9 Å². The van der Waals surface area contributed by atoms with Crippen molar-refractivity contribution in [1.82, 2.24) is 4.90 Å². The first-order valence-electron chi connectivity index (χ1n) is 9.61. The maximum Gasteiger partial charge on any atom is 0.0998 e. The lowest BCUT2D eigenvalue weighted by Gasteiger charge is -2.51. The van der Waals surface area contributed by atoms with Gasteiger partial charge in [-0.1, -0.05) is 40.2 Å². The number of aliphatic imine (C=N–C) groups is 1. The summed E-state index contributed by atoms with van der Waals surface area (Å²) in [6.07, 6.45) is 9.90. The molecule has 3 aliphatic carbocycles. The van der Waals surface area contributed by atoms with Crippen LogP contribution in [0.2, 0.25) is 0 Å². The molecule has 1 saturated carbocycles. The summed E-state index contributed by atoms with van der Waals surface area (Å²) in [5, 5.41) is 0. The summed E-state index contributed by atoms with van der Waals surface area (Å²) in [6.45, 7) is 3.69. The number of amidine groups is 1. The van der Waals surface area contributed by atoms with Crippen molar-refractivity contribution < 1.29 is 4.74 Å². The van der Waals surface area contributed by atoms with Gasteiger partial charge in [0.1, 0.15) is 0 Å². The molecule has 0 aromatic heterocycles. The van der Waals surface area contributed by atoms with Gasteiger partial charge in [-0.25, -0.2) is 0 Å². The number of hydrogen-bond donors (Lipinski definition) is 0. The van der Waals surface area contributed by atoms with E-state index in [2.05, 4.69) is 57.2 Å². The summed E-state index contributed by atoms with van der Waals surface area (Å²) in [5.74, 6) is 3.11. The molecule has 5 aliphatic rings. The average Bonchev–Trinajstić information content (AvgIpc) is 3.10. The Morgan fingerprint density at radius 2 is 1.88 bits per heavy atom. The second kappa shape index (κ2) is 6.24. The number of hydrogen-bond acceptors (Lipinski definition) is 3. The second-order valence-electron chi connectivity index (χ2n) is 7.88. The number of fused-ring (bicyclic) bond motifs is 1. The average molecular weight is 401 g/mol. The molecule has 1 saturated heterocycles. The van der Waals surface area contributed by atoms with Gasteiger partial charge in [0.15, 0.2) is 0 Å². The topological polar surface area (TPSA) is 24.8 Å². The molecule has 3 nitrogen and oxygen atoms in total. The van der Waals surface area contributed by atoms with Crippen molar-refractivity contribution in [3.8, 4) is 0 Å². The third kappa shape index (κ3) is 2.60. The quantitative estimate of drug-likeness (QED) is 0.652. The number of allylic oxidation sites excluding steroid dienone is 1. The first kappa shape index (κ1) is 16.1. The van der Waals surface area contributed by atoms with Crippen molar-refractivity contribution in [1.29, 1.82) is 0 Å². The molecule has 2 fully saturated rings. The van der Waals surface area contributed by atoms with Gasteiger partial charge in [-0.2, -0.15) is 0 Å². The number of rotatable bonds is 1. The van der Waals surface area contributed by atoms with E-state index in [4.69, 9.17) is 9.73 Å². The first-order chi connectivity index (χ1) is 12.3. The van der Waals surface area contributed by atoms with Crippen molar-refractivity contribution in [3.63, 3.8) is 0 Å². The van der Waals surface area contributed by atoms with Crippen LogP contribution in [-0.4, -0.2) is 42.6 Å². The van der Waals surface area contributed by atoms with Crippen molar-refractivity contribution in [3.05, 3.63) is 46.5 Å². The van der Waals surface area contributed by atoms with E-state index in [0.29, 0.717) is 17.8 Å². The zero-order valence-electron chi connectivity index (χ0n) is 14.5. The maximum absolute atomic E-state index is 5.53. The molecular formula is C21H25BrN2O. The Labute approximate surface area is 158 Å². The highest BCUT2D eigenvalue weighted by atomic mass is 79.9. The number of nitrogens with zero attached hydrogens (tertiary/aromatic N) is 2. The van der Waals surface area contributed by atoms with E-state index in [1.54, 1.807) is 0 Å². The fraction of sp³-hybridized carbons (Fsp3) is 0.571. The van der Waals surface area contributed by atoms with Crippen molar-refractivity contribution in [2.45, 2.75) is 37.1 Å². The second-order valence-corrected chi connectivity index (χ2v) is 8.80. The largest absolute Gasteiger partial charge is 0.378 e. The van der Waals surface area contributed by atoms with Gasteiger partial charge in [-0.05, 0) is 42.9 Å². The fourth-order valence-electron chi connectivity index (χ4n) is 5.55. The summed E-state index contributed by atoms with van der Waals surface area (Å²) in [4.78, 5) is 7.96. The Kier molecular flexibility index (Phi) is 4.01. The lowest BCUT2D eigenvalue weighted by molar-refractivity contribution is 0.0673. The Balaban J connectivity index is 1.54. The van der Waals surface area contributed by atoms with Crippen LogP contribution in [0.3, 0.4) is 0 Å². The van der Waals surface area contributed by atoms with E-state index in [1.165, 1.54) is 30.7 Å². The summed E-state index contributed by atoms with van der Waals surface area (Å²) in [7, 11) is 0. The molecule has 25 heavy (non-hydrogen) atoms. The van der Waals surface area contributed by atoms with Gasteiger partial charge < -0.3 is 9.64 Å². The third-order valence-corrected chi connectivity index (χ3v) is 7.23. The molecule has 6 rings (SSSR count). The van der Waals surface area contributed by atoms with E-state index in [0.717, 1.165) is 37.2 Å². The SMILES string of the molecule is Brc1ccc(C2C3C=CC(CC3)C23CCC(N2CCOCC2)=N3)cc1. The van der Waals surface area contributed by atoms with Gasteiger partial charge in [0, 0.05) is 35.8 Å². The van der Waals surface area contributed by atoms with Gasteiger partial charge in [-0.3, -0.25) is 4.99 Å². The van der Waals surface area contributed by atoms with E-state index in [9.17, 15) is 0 Å². The fourth-order valence-corrected chi connectivity index (χ4v) is 5.82. The highest BCUT2D eigenvalue weighted by Crippen LogP contribution is 2.58. The molecular weight excluding hydrogens is 376 g/mol. The van der Waals surface area contributed by atoms with Crippen molar-refractivity contribution >= 4 is 21.8 Å². The molecule has 2 aliphatic heterocycles. The Bertz CT molecular complexity index is 707. The zero-order chi connectivity index (χ0) is 16.9. The molecule has 4 unspecified atom stereocenters. The third-order valence-electron chi connectivity index (χ3n) is 6.70. The lowest BCUT2D eigenvalue weighted by atomic mass is 9.55. The van der Waals surface area contributed by atoms with E-state index in [1.807, 2.05) is 0 Å². The number of halogens is 1. The molecule has 1 spiro atoms. The van der Waals surface area contributed by atoms with Crippen LogP contribution in [0.1, 0.15) is 37.2 Å².